The van der Waals surface area contributed by atoms with Crippen molar-refractivity contribution in [3.8, 4) is 0 Å². The number of carbonyl (C=O) groups is 1. The van der Waals surface area contributed by atoms with Crippen LogP contribution < -0.4 is 4.90 Å². The van der Waals surface area contributed by atoms with E-state index in [1.807, 2.05) is 17.9 Å². The third kappa shape index (κ3) is 3.82. The summed E-state index contributed by atoms with van der Waals surface area (Å²) in [6.07, 6.45) is 8.53. The van der Waals surface area contributed by atoms with Gasteiger partial charge in [0.15, 0.2) is 0 Å². The third-order valence-corrected chi connectivity index (χ3v) is 4.75. The van der Waals surface area contributed by atoms with Crippen molar-refractivity contribution in [2.45, 2.75) is 17.4 Å². The summed E-state index contributed by atoms with van der Waals surface area (Å²) in [6.45, 7) is 1.85. The van der Waals surface area contributed by atoms with Gasteiger partial charge in [-0.3, -0.25) is 14.5 Å². The lowest BCUT2D eigenvalue weighted by atomic mass is 10.0. The van der Waals surface area contributed by atoms with E-state index in [1.165, 1.54) is 24.4 Å². The molecule has 0 radical (unpaired) electrons. The molecule has 3 heterocycles. The maximum atomic E-state index is 11.2. The first kappa shape index (κ1) is 15.8. The van der Waals surface area contributed by atoms with E-state index in [0.717, 1.165) is 30.4 Å². The molecule has 1 atom stereocenters. The summed E-state index contributed by atoms with van der Waals surface area (Å²) in [5.74, 6) is 1.30. The van der Waals surface area contributed by atoms with Gasteiger partial charge in [0.25, 0.3) is 0 Å². The molecule has 23 heavy (non-hydrogen) atoms. The number of aryl methyl sites for hydroxylation is 1. The van der Waals surface area contributed by atoms with Crippen molar-refractivity contribution in [3.05, 3.63) is 30.4 Å². The largest absolute Gasteiger partial charge is 0.468 e. The molecule has 0 amide bonds. The highest BCUT2D eigenvalue weighted by atomic mass is 32.2. The first-order valence-electron chi connectivity index (χ1n) is 7.41. The molecule has 3 rings (SSSR count). The van der Waals surface area contributed by atoms with Crippen LogP contribution in [0.15, 0.2) is 29.8 Å². The van der Waals surface area contributed by atoms with Gasteiger partial charge in [-0.05, 0) is 12.0 Å². The van der Waals surface area contributed by atoms with Gasteiger partial charge in [0.1, 0.15) is 10.8 Å². The number of rotatable bonds is 5. The Hall–Kier alpha value is -2.09. The average Bonchev–Trinajstić information content (AvgIpc) is 3.21. The molecule has 7 nitrogen and oxygen atoms in total. The van der Waals surface area contributed by atoms with Gasteiger partial charge in [-0.2, -0.15) is 5.10 Å². The molecular formula is C15H19N5O2S. The third-order valence-electron chi connectivity index (χ3n) is 3.87. The molecule has 1 saturated heterocycles. The van der Waals surface area contributed by atoms with E-state index >= 15 is 0 Å². The predicted octanol–water partition coefficient (Wildman–Crippen LogP) is 1.47. The monoisotopic (exact) mass is 333 g/mol. The summed E-state index contributed by atoms with van der Waals surface area (Å²) >= 11 is 1.34. The highest BCUT2D eigenvalue weighted by Crippen LogP contribution is 2.30. The van der Waals surface area contributed by atoms with Crippen molar-refractivity contribution in [2.75, 3.05) is 30.9 Å². The van der Waals surface area contributed by atoms with Crippen LogP contribution in [0.2, 0.25) is 0 Å². The predicted molar refractivity (Wildman–Crippen MR) is 87.6 cm³/mol. The molecule has 1 aliphatic rings. The second kappa shape index (κ2) is 6.99. The second-order valence-electron chi connectivity index (χ2n) is 5.46. The standard InChI is InChI=1S/C15H19N5O2S/c1-19-8-12(5-17-19)11-3-4-20(9-11)13-6-16-7-14(18-13)23-10-15(21)22-2/h5-8,11H,3-4,9-10H2,1-2H3. The zero-order valence-electron chi connectivity index (χ0n) is 13.2. The Morgan fingerprint density at radius 2 is 2.30 bits per heavy atom. The summed E-state index contributed by atoms with van der Waals surface area (Å²) in [5, 5.41) is 4.98. The van der Waals surface area contributed by atoms with E-state index < -0.39 is 0 Å². The Bertz CT molecular complexity index is 690. The summed E-state index contributed by atoms with van der Waals surface area (Å²) < 4.78 is 6.48. The van der Waals surface area contributed by atoms with Crippen LogP contribution in [0.5, 0.6) is 0 Å². The maximum Gasteiger partial charge on any atom is 0.316 e. The van der Waals surface area contributed by atoms with Crippen LogP contribution in [0, 0.1) is 0 Å². The van der Waals surface area contributed by atoms with Crippen LogP contribution in [-0.2, 0) is 16.6 Å². The van der Waals surface area contributed by atoms with Gasteiger partial charge in [0, 0.05) is 32.3 Å². The Morgan fingerprint density at radius 3 is 3.04 bits per heavy atom. The second-order valence-corrected chi connectivity index (χ2v) is 6.45. The number of hydrogen-bond donors (Lipinski definition) is 0. The Labute approximate surface area is 139 Å². The molecule has 2 aromatic heterocycles. The summed E-state index contributed by atoms with van der Waals surface area (Å²) in [7, 11) is 3.32. The Morgan fingerprint density at radius 1 is 1.43 bits per heavy atom. The molecule has 0 aliphatic carbocycles. The molecule has 1 aliphatic heterocycles. The van der Waals surface area contributed by atoms with Crippen LogP contribution in [0.25, 0.3) is 0 Å². The maximum absolute atomic E-state index is 11.2. The van der Waals surface area contributed by atoms with Crippen LogP contribution >= 0.6 is 11.8 Å². The van der Waals surface area contributed by atoms with E-state index in [4.69, 9.17) is 0 Å². The van der Waals surface area contributed by atoms with Gasteiger partial charge < -0.3 is 9.64 Å². The fourth-order valence-electron chi connectivity index (χ4n) is 2.64. The summed E-state index contributed by atoms with van der Waals surface area (Å²) in [4.78, 5) is 22.3. The van der Waals surface area contributed by atoms with E-state index in [2.05, 4.69) is 30.9 Å². The van der Waals surface area contributed by atoms with E-state index in [1.54, 1.807) is 12.4 Å². The molecular weight excluding hydrogens is 314 g/mol. The number of thioether (sulfide) groups is 1. The van der Waals surface area contributed by atoms with Crippen molar-refractivity contribution in [3.63, 3.8) is 0 Å². The van der Waals surface area contributed by atoms with Gasteiger partial charge in [-0.25, -0.2) is 4.98 Å². The molecule has 8 heteroatoms. The molecule has 0 N–H and O–H groups in total. The SMILES string of the molecule is COC(=O)CSc1cncc(N2CCC(c3cnn(C)c3)C2)n1. The first-order valence-corrected chi connectivity index (χ1v) is 8.39. The molecule has 0 bridgehead atoms. The van der Waals surface area contributed by atoms with Crippen molar-refractivity contribution < 1.29 is 9.53 Å². The quantitative estimate of drug-likeness (QED) is 0.606. The molecule has 1 fully saturated rings. The van der Waals surface area contributed by atoms with Crippen LogP contribution in [0.1, 0.15) is 17.9 Å². The highest BCUT2D eigenvalue weighted by Gasteiger charge is 2.26. The van der Waals surface area contributed by atoms with E-state index in [-0.39, 0.29) is 11.7 Å². The first-order chi connectivity index (χ1) is 11.2. The zero-order chi connectivity index (χ0) is 16.2. The van der Waals surface area contributed by atoms with Gasteiger partial charge in [-0.1, -0.05) is 11.8 Å². The molecule has 1 unspecified atom stereocenters. The Kier molecular flexibility index (Phi) is 4.80. The number of methoxy groups -OCH3 is 1. The van der Waals surface area contributed by atoms with Crippen LogP contribution in [-0.4, -0.2) is 51.7 Å². The fourth-order valence-corrected chi connectivity index (χ4v) is 3.32. The van der Waals surface area contributed by atoms with Crippen molar-refractivity contribution >= 4 is 23.5 Å². The molecule has 122 valence electrons. The molecule has 0 saturated carbocycles. The van der Waals surface area contributed by atoms with Crippen molar-refractivity contribution in [1.29, 1.82) is 0 Å². The number of carbonyl (C=O) groups excluding carboxylic acids is 1. The fraction of sp³-hybridized carbons (Fsp3) is 0.467. The lowest BCUT2D eigenvalue weighted by Gasteiger charge is -2.17. The number of hydrogen-bond acceptors (Lipinski definition) is 7. The van der Waals surface area contributed by atoms with Crippen molar-refractivity contribution in [2.24, 2.45) is 7.05 Å². The van der Waals surface area contributed by atoms with E-state index in [9.17, 15) is 4.79 Å². The topological polar surface area (TPSA) is 73.1 Å². The minimum Gasteiger partial charge on any atom is -0.468 e. The van der Waals surface area contributed by atoms with Gasteiger partial charge in [0.05, 0.1) is 31.5 Å². The van der Waals surface area contributed by atoms with Gasteiger partial charge in [-0.15, -0.1) is 0 Å². The average molecular weight is 333 g/mol. The number of ether oxygens (including phenoxy) is 1. The zero-order valence-corrected chi connectivity index (χ0v) is 14.0. The minimum absolute atomic E-state index is 0.243. The lowest BCUT2D eigenvalue weighted by Crippen LogP contribution is -2.20. The molecule has 0 spiro atoms. The lowest BCUT2D eigenvalue weighted by molar-refractivity contribution is -0.137. The van der Waals surface area contributed by atoms with Crippen LogP contribution in [0.4, 0.5) is 5.82 Å². The van der Waals surface area contributed by atoms with E-state index in [0.29, 0.717) is 5.92 Å². The number of esters is 1. The number of aromatic nitrogens is 4. The normalized spacial score (nSPS) is 17.5. The summed E-state index contributed by atoms with van der Waals surface area (Å²) in [5.41, 5.74) is 1.26. The number of anilines is 1. The number of nitrogens with zero attached hydrogens (tertiary/aromatic N) is 5. The van der Waals surface area contributed by atoms with Crippen LogP contribution in [0.3, 0.4) is 0 Å². The van der Waals surface area contributed by atoms with Gasteiger partial charge in [0.2, 0.25) is 0 Å². The highest BCUT2D eigenvalue weighted by molar-refractivity contribution is 7.99. The minimum atomic E-state index is -0.264. The van der Waals surface area contributed by atoms with Gasteiger partial charge >= 0.3 is 5.97 Å². The Balaban J connectivity index is 1.64. The van der Waals surface area contributed by atoms with Crippen molar-refractivity contribution in [1.82, 2.24) is 19.7 Å². The molecule has 0 aromatic carbocycles. The summed E-state index contributed by atoms with van der Waals surface area (Å²) in [6, 6.07) is 0. The molecule has 2 aromatic rings. The smallest absolute Gasteiger partial charge is 0.316 e.